The average Bonchev–Trinajstić information content (AvgIpc) is 3.85. The zero-order valence-electron chi connectivity index (χ0n) is 33.2. The molecule has 0 heterocycles. The molecule has 1 spiro atoms. The monoisotopic (exact) mass is 751 g/mol. The van der Waals surface area contributed by atoms with Crippen molar-refractivity contribution < 1.29 is 0 Å². The lowest BCUT2D eigenvalue weighted by molar-refractivity contribution is 0.660. The van der Waals surface area contributed by atoms with Crippen molar-refractivity contribution in [1.29, 1.82) is 0 Å². The molecule has 9 aromatic rings. The molecule has 0 bridgehead atoms. The second kappa shape index (κ2) is 12.6. The van der Waals surface area contributed by atoms with Crippen LogP contribution in [0.2, 0.25) is 0 Å². The van der Waals surface area contributed by atoms with Crippen molar-refractivity contribution in [3.8, 4) is 55.6 Å². The van der Waals surface area contributed by atoms with Crippen LogP contribution in [0.5, 0.6) is 0 Å². The zero-order chi connectivity index (χ0) is 39.3. The van der Waals surface area contributed by atoms with Gasteiger partial charge in [0.2, 0.25) is 0 Å². The first kappa shape index (κ1) is 33.9. The van der Waals surface area contributed by atoms with Gasteiger partial charge in [-0.25, -0.2) is 0 Å². The van der Waals surface area contributed by atoms with E-state index in [1.807, 2.05) is 0 Å². The summed E-state index contributed by atoms with van der Waals surface area (Å²) in [7, 11) is 0. The van der Waals surface area contributed by atoms with Gasteiger partial charge in [-0.3, -0.25) is 0 Å². The van der Waals surface area contributed by atoms with Gasteiger partial charge in [-0.15, -0.1) is 0 Å². The lowest BCUT2D eigenvalue weighted by atomic mass is 9.70. The summed E-state index contributed by atoms with van der Waals surface area (Å²) in [5.41, 5.74) is 23.8. The van der Waals surface area contributed by atoms with Crippen LogP contribution in [0.1, 0.15) is 47.2 Å². The second-order valence-electron chi connectivity index (χ2n) is 16.9. The molecule has 3 aliphatic carbocycles. The molecule has 59 heavy (non-hydrogen) atoms. The molecule has 0 aliphatic heterocycles. The van der Waals surface area contributed by atoms with Gasteiger partial charge in [-0.2, -0.15) is 0 Å². The van der Waals surface area contributed by atoms with E-state index in [9.17, 15) is 0 Å². The molecule has 0 aromatic heterocycles. The molecule has 0 fully saturated rings. The molecule has 0 atom stereocenters. The van der Waals surface area contributed by atoms with Gasteiger partial charge in [0.1, 0.15) is 0 Å². The van der Waals surface area contributed by atoms with Gasteiger partial charge >= 0.3 is 0 Å². The van der Waals surface area contributed by atoms with Crippen LogP contribution in [0, 0.1) is 0 Å². The molecule has 12 rings (SSSR count). The van der Waals surface area contributed by atoms with Crippen LogP contribution in [0.15, 0.2) is 212 Å². The van der Waals surface area contributed by atoms with E-state index in [4.69, 9.17) is 0 Å². The van der Waals surface area contributed by atoms with Gasteiger partial charge in [-0.1, -0.05) is 178 Å². The summed E-state index contributed by atoms with van der Waals surface area (Å²) in [6, 6.07) is 79.2. The molecule has 0 unspecified atom stereocenters. The minimum absolute atomic E-state index is 0.111. The smallest absolute Gasteiger partial charge is 0.0725 e. The van der Waals surface area contributed by atoms with Crippen molar-refractivity contribution in [2.45, 2.75) is 24.7 Å². The predicted octanol–water partition coefficient (Wildman–Crippen LogP) is 15.1. The number of para-hydroxylation sites is 1. The number of anilines is 3. The predicted molar refractivity (Wildman–Crippen MR) is 246 cm³/mol. The fourth-order valence-corrected chi connectivity index (χ4v) is 10.8. The maximum atomic E-state index is 2.46. The highest BCUT2D eigenvalue weighted by atomic mass is 15.1. The molecule has 0 amide bonds. The van der Waals surface area contributed by atoms with E-state index in [0.29, 0.717) is 0 Å². The Hall–Kier alpha value is -7.22. The number of benzene rings is 9. The average molecular weight is 752 g/mol. The van der Waals surface area contributed by atoms with E-state index in [0.717, 1.165) is 17.1 Å². The summed E-state index contributed by atoms with van der Waals surface area (Å²) in [5.74, 6) is 0. The Morgan fingerprint density at radius 1 is 0.271 bits per heavy atom. The fraction of sp³-hybridized carbons (Fsp3) is 0.0690. The van der Waals surface area contributed by atoms with Crippen LogP contribution in [0.4, 0.5) is 17.1 Å². The number of hydrogen-bond acceptors (Lipinski definition) is 1. The summed E-state index contributed by atoms with van der Waals surface area (Å²) in [6.45, 7) is 4.72. The molecule has 1 nitrogen and oxygen atoms in total. The fourth-order valence-electron chi connectivity index (χ4n) is 10.8. The van der Waals surface area contributed by atoms with Gasteiger partial charge in [0, 0.05) is 22.5 Å². The van der Waals surface area contributed by atoms with Crippen molar-refractivity contribution in [2.24, 2.45) is 0 Å². The Kier molecular flexibility index (Phi) is 7.26. The quantitative estimate of drug-likeness (QED) is 0.169. The molecule has 3 aliphatic rings. The van der Waals surface area contributed by atoms with E-state index in [-0.39, 0.29) is 10.8 Å². The Labute approximate surface area is 346 Å². The van der Waals surface area contributed by atoms with Crippen molar-refractivity contribution in [3.05, 3.63) is 246 Å². The van der Waals surface area contributed by atoms with Crippen LogP contribution in [0.3, 0.4) is 0 Å². The molecule has 0 saturated carbocycles. The number of hydrogen-bond donors (Lipinski definition) is 0. The van der Waals surface area contributed by atoms with E-state index in [2.05, 4.69) is 231 Å². The lowest BCUT2D eigenvalue weighted by Gasteiger charge is -2.30. The minimum atomic E-state index is -0.361. The largest absolute Gasteiger partial charge is 0.310 e. The number of rotatable bonds is 5. The van der Waals surface area contributed by atoms with Crippen LogP contribution in [-0.4, -0.2) is 0 Å². The van der Waals surface area contributed by atoms with Crippen LogP contribution in [0.25, 0.3) is 55.6 Å². The highest BCUT2D eigenvalue weighted by molar-refractivity contribution is 5.97. The van der Waals surface area contributed by atoms with E-state index >= 15 is 0 Å². The zero-order valence-corrected chi connectivity index (χ0v) is 33.2. The first-order valence-corrected chi connectivity index (χ1v) is 20.8. The molecule has 0 radical (unpaired) electrons. The van der Waals surface area contributed by atoms with E-state index in [1.165, 1.54) is 89.0 Å². The van der Waals surface area contributed by atoms with Crippen LogP contribution in [-0.2, 0) is 10.8 Å². The van der Waals surface area contributed by atoms with Crippen molar-refractivity contribution in [2.75, 3.05) is 4.90 Å². The summed E-state index contributed by atoms with van der Waals surface area (Å²) in [5, 5.41) is 0. The SMILES string of the molecule is CC1(C)c2ccccc2-c2ccc(N(c3ccccc3)c3cc(-c4ccccc4)cc(-c4ccc5c(c4)-c4ccccc4C54c5ccccc5-c5ccccc54)c3)cc21. The maximum absolute atomic E-state index is 2.46. The van der Waals surface area contributed by atoms with Crippen molar-refractivity contribution >= 4 is 17.1 Å². The summed E-state index contributed by atoms with van der Waals surface area (Å²) < 4.78 is 0. The van der Waals surface area contributed by atoms with Gasteiger partial charge in [0.25, 0.3) is 0 Å². The standard InChI is InChI=1S/C58H41N/c1-57(2)51-25-13-9-21-45(51)49-31-30-43(37-56(49)57)59(42-19-7-4-8-20-42)44-34-40(38-17-5-3-6-18-38)33-41(35-44)39-29-32-55-50(36-39)48-24-12-16-28-54(48)58(55)52-26-14-10-22-46(52)47-23-11-15-27-53(47)58/h3-37H,1-2H3. The van der Waals surface area contributed by atoms with E-state index in [1.54, 1.807) is 0 Å². The minimum Gasteiger partial charge on any atom is -0.310 e. The van der Waals surface area contributed by atoms with Crippen LogP contribution >= 0.6 is 0 Å². The lowest BCUT2D eigenvalue weighted by Crippen LogP contribution is -2.25. The van der Waals surface area contributed by atoms with Gasteiger partial charge in [-0.05, 0) is 138 Å². The Bertz CT molecular complexity index is 3090. The van der Waals surface area contributed by atoms with Crippen LogP contribution < -0.4 is 4.90 Å². The third-order valence-corrected chi connectivity index (χ3v) is 13.5. The molecule has 278 valence electrons. The van der Waals surface area contributed by atoms with Gasteiger partial charge < -0.3 is 4.90 Å². The summed E-state index contributed by atoms with van der Waals surface area (Å²) >= 11 is 0. The molecule has 1 heteroatoms. The third-order valence-electron chi connectivity index (χ3n) is 13.5. The topological polar surface area (TPSA) is 3.24 Å². The highest BCUT2D eigenvalue weighted by Gasteiger charge is 2.51. The number of nitrogens with zero attached hydrogens (tertiary/aromatic N) is 1. The second-order valence-corrected chi connectivity index (χ2v) is 16.9. The van der Waals surface area contributed by atoms with Gasteiger partial charge in [0.15, 0.2) is 0 Å². The van der Waals surface area contributed by atoms with Crippen molar-refractivity contribution in [3.63, 3.8) is 0 Å². The molecule has 9 aromatic carbocycles. The maximum Gasteiger partial charge on any atom is 0.0725 e. The van der Waals surface area contributed by atoms with Gasteiger partial charge in [0.05, 0.1) is 5.41 Å². The highest BCUT2D eigenvalue weighted by Crippen LogP contribution is 2.63. The Balaban J connectivity index is 1.07. The van der Waals surface area contributed by atoms with Crippen molar-refractivity contribution in [1.82, 2.24) is 0 Å². The molecular weight excluding hydrogens is 711 g/mol. The Morgan fingerprint density at radius 2 is 0.746 bits per heavy atom. The third kappa shape index (κ3) is 4.79. The first-order valence-electron chi connectivity index (χ1n) is 20.8. The first-order chi connectivity index (χ1) is 29.0. The normalized spacial score (nSPS) is 14.2. The summed E-state index contributed by atoms with van der Waals surface area (Å²) in [6.07, 6.45) is 0. The van der Waals surface area contributed by atoms with E-state index < -0.39 is 0 Å². The summed E-state index contributed by atoms with van der Waals surface area (Å²) in [4.78, 5) is 2.44. The number of fused-ring (bicyclic) bond motifs is 13. The molecular formula is C58H41N. The Morgan fingerprint density at radius 3 is 1.37 bits per heavy atom. The molecule has 0 N–H and O–H groups in total. The molecule has 0 saturated heterocycles.